The third kappa shape index (κ3) is 2.87. The minimum atomic E-state index is 0.0561. The zero-order valence-electron chi connectivity index (χ0n) is 10.2. The van der Waals surface area contributed by atoms with Crippen molar-refractivity contribution >= 4 is 33.4 Å². The van der Waals surface area contributed by atoms with Crippen molar-refractivity contribution in [3.63, 3.8) is 0 Å². The molecule has 0 saturated carbocycles. The highest BCUT2D eigenvalue weighted by Gasteiger charge is 2.26. The number of hydrogen-bond donors (Lipinski definition) is 1. The largest absolute Gasteiger partial charge is 0.335 e. The summed E-state index contributed by atoms with van der Waals surface area (Å²) in [6.07, 6.45) is 1.02. The number of carbonyl (C=O) groups excluding carboxylic acids is 1. The predicted octanol–water partition coefficient (Wildman–Crippen LogP) is 2.93. The molecule has 1 fully saturated rings. The first-order valence-electron chi connectivity index (χ1n) is 6.10. The van der Waals surface area contributed by atoms with E-state index < -0.39 is 0 Å². The van der Waals surface area contributed by atoms with Crippen LogP contribution in [0, 0.1) is 0 Å². The van der Waals surface area contributed by atoms with Crippen LogP contribution in [0.5, 0.6) is 0 Å². The highest BCUT2D eigenvalue weighted by molar-refractivity contribution is 9.10. The lowest BCUT2D eigenvalue weighted by atomic mass is 10.1. The Morgan fingerprint density at radius 2 is 2.39 bits per heavy atom. The number of nitrogens with zero attached hydrogens (tertiary/aromatic N) is 1. The normalized spacial score (nSPS) is 18.9. The van der Waals surface area contributed by atoms with E-state index >= 15 is 0 Å². The van der Waals surface area contributed by atoms with Crippen LogP contribution in [0.1, 0.15) is 23.7 Å². The first kappa shape index (κ1) is 13.8. The molecule has 1 heterocycles. The van der Waals surface area contributed by atoms with Crippen molar-refractivity contribution in [3.05, 3.63) is 33.3 Å². The molecule has 1 amide bonds. The van der Waals surface area contributed by atoms with E-state index in [9.17, 15) is 4.79 Å². The zero-order valence-corrected chi connectivity index (χ0v) is 12.6. The summed E-state index contributed by atoms with van der Waals surface area (Å²) in [6.45, 7) is 4.59. The van der Waals surface area contributed by atoms with Crippen molar-refractivity contribution in [1.29, 1.82) is 0 Å². The van der Waals surface area contributed by atoms with E-state index in [2.05, 4.69) is 21.2 Å². The molecule has 1 atom stereocenters. The third-order valence-electron chi connectivity index (χ3n) is 3.24. The van der Waals surface area contributed by atoms with Gasteiger partial charge in [-0.25, -0.2) is 0 Å². The number of rotatable bonds is 3. The molecular formula is C13H16BrClN2O. The van der Waals surface area contributed by atoms with Gasteiger partial charge in [-0.05, 0) is 54.0 Å². The van der Waals surface area contributed by atoms with Crippen molar-refractivity contribution in [2.24, 2.45) is 0 Å². The fourth-order valence-corrected chi connectivity index (χ4v) is 2.70. The van der Waals surface area contributed by atoms with Gasteiger partial charge in [0.2, 0.25) is 0 Å². The van der Waals surface area contributed by atoms with E-state index in [1.54, 1.807) is 6.07 Å². The maximum atomic E-state index is 12.5. The molecule has 98 valence electrons. The predicted molar refractivity (Wildman–Crippen MR) is 77.1 cm³/mol. The number of likely N-dealkylation sites (N-methyl/N-ethyl adjacent to an activating group) is 1. The number of carbonyl (C=O) groups is 1. The molecule has 5 heteroatoms. The Balaban J connectivity index is 2.19. The molecule has 1 aromatic carbocycles. The van der Waals surface area contributed by atoms with E-state index in [-0.39, 0.29) is 5.91 Å². The average Bonchev–Trinajstić information content (AvgIpc) is 2.87. The lowest BCUT2D eigenvalue weighted by Gasteiger charge is -2.27. The number of halogens is 2. The van der Waals surface area contributed by atoms with Crippen LogP contribution in [-0.4, -0.2) is 36.5 Å². The summed E-state index contributed by atoms with van der Waals surface area (Å²) in [5, 5.41) is 3.86. The van der Waals surface area contributed by atoms with Crippen LogP contribution in [0.3, 0.4) is 0 Å². The molecule has 18 heavy (non-hydrogen) atoms. The van der Waals surface area contributed by atoms with Gasteiger partial charge in [-0.2, -0.15) is 0 Å². The number of nitrogens with one attached hydrogen (secondary N) is 1. The van der Waals surface area contributed by atoms with Gasteiger partial charge in [-0.3, -0.25) is 4.79 Å². The Kier molecular flexibility index (Phi) is 4.65. The Morgan fingerprint density at radius 3 is 2.94 bits per heavy atom. The molecule has 1 aliphatic rings. The second-order valence-corrected chi connectivity index (χ2v) is 5.63. The highest BCUT2D eigenvalue weighted by atomic mass is 79.9. The van der Waals surface area contributed by atoms with Gasteiger partial charge in [0.15, 0.2) is 0 Å². The summed E-state index contributed by atoms with van der Waals surface area (Å²) >= 11 is 9.37. The van der Waals surface area contributed by atoms with Gasteiger partial charge < -0.3 is 10.2 Å². The fourth-order valence-electron chi connectivity index (χ4n) is 2.27. The molecule has 2 rings (SSSR count). The minimum absolute atomic E-state index is 0.0561. The van der Waals surface area contributed by atoms with Gasteiger partial charge in [-0.1, -0.05) is 11.6 Å². The standard InChI is InChI=1S/C13H16BrClN2O/c1-2-17(10-5-6-16-8-10)13(18)9-3-4-11(14)12(15)7-9/h3-4,7,10,16H,2,5-6,8H2,1H3. The van der Waals surface area contributed by atoms with Crippen LogP contribution in [0.2, 0.25) is 5.02 Å². The van der Waals surface area contributed by atoms with Gasteiger partial charge in [-0.15, -0.1) is 0 Å². The molecular weight excluding hydrogens is 316 g/mol. The molecule has 0 spiro atoms. The lowest BCUT2D eigenvalue weighted by molar-refractivity contribution is 0.0704. The Hall–Kier alpha value is -0.580. The molecule has 0 aliphatic carbocycles. The number of hydrogen-bond acceptors (Lipinski definition) is 2. The van der Waals surface area contributed by atoms with Gasteiger partial charge in [0, 0.05) is 29.2 Å². The van der Waals surface area contributed by atoms with Crippen LogP contribution < -0.4 is 5.32 Å². The summed E-state index contributed by atoms with van der Waals surface area (Å²) in [5.74, 6) is 0.0561. The van der Waals surface area contributed by atoms with Crippen molar-refractivity contribution in [2.45, 2.75) is 19.4 Å². The molecule has 1 saturated heterocycles. The van der Waals surface area contributed by atoms with Crippen LogP contribution in [0.25, 0.3) is 0 Å². The van der Waals surface area contributed by atoms with Gasteiger partial charge in [0.05, 0.1) is 5.02 Å². The molecule has 3 nitrogen and oxygen atoms in total. The topological polar surface area (TPSA) is 32.3 Å². The van der Waals surface area contributed by atoms with Crippen molar-refractivity contribution in [2.75, 3.05) is 19.6 Å². The SMILES string of the molecule is CCN(C(=O)c1ccc(Br)c(Cl)c1)C1CCNC1. The molecule has 1 unspecified atom stereocenters. The summed E-state index contributed by atoms with van der Waals surface area (Å²) < 4.78 is 0.811. The van der Waals surface area contributed by atoms with E-state index in [4.69, 9.17) is 11.6 Å². The zero-order chi connectivity index (χ0) is 13.1. The lowest BCUT2D eigenvalue weighted by Crippen LogP contribution is -2.41. The summed E-state index contributed by atoms with van der Waals surface area (Å²) in [6, 6.07) is 5.64. The maximum absolute atomic E-state index is 12.5. The molecule has 1 N–H and O–H groups in total. The summed E-state index contributed by atoms with van der Waals surface area (Å²) in [5.41, 5.74) is 0.650. The van der Waals surface area contributed by atoms with Gasteiger partial charge in [0.1, 0.15) is 0 Å². The summed E-state index contributed by atoms with van der Waals surface area (Å²) in [4.78, 5) is 14.4. The van der Waals surface area contributed by atoms with Crippen LogP contribution in [0.15, 0.2) is 22.7 Å². The monoisotopic (exact) mass is 330 g/mol. The first-order chi connectivity index (χ1) is 8.63. The summed E-state index contributed by atoms with van der Waals surface area (Å²) in [7, 11) is 0. The molecule has 0 radical (unpaired) electrons. The number of amides is 1. The van der Waals surface area contributed by atoms with Crippen LogP contribution >= 0.6 is 27.5 Å². The molecule has 1 aromatic rings. The Bertz CT molecular complexity index is 447. The number of benzene rings is 1. The van der Waals surface area contributed by atoms with Crippen molar-refractivity contribution < 1.29 is 4.79 Å². The molecule has 0 aromatic heterocycles. The maximum Gasteiger partial charge on any atom is 0.254 e. The van der Waals surface area contributed by atoms with E-state index in [1.165, 1.54) is 0 Å². The van der Waals surface area contributed by atoms with Gasteiger partial charge in [0.25, 0.3) is 5.91 Å². The third-order valence-corrected chi connectivity index (χ3v) is 4.48. The highest BCUT2D eigenvalue weighted by Crippen LogP contribution is 2.24. The van der Waals surface area contributed by atoms with Crippen molar-refractivity contribution in [3.8, 4) is 0 Å². The molecule has 0 bridgehead atoms. The van der Waals surface area contributed by atoms with Crippen LogP contribution in [-0.2, 0) is 0 Å². The average molecular weight is 332 g/mol. The second-order valence-electron chi connectivity index (χ2n) is 4.37. The fraction of sp³-hybridized carbons (Fsp3) is 0.462. The Labute approximate surface area is 121 Å². The first-order valence-corrected chi connectivity index (χ1v) is 7.27. The second kappa shape index (κ2) is 6.04. The quantitative estimate of drug-likeness (QED) is 0.923. The smallest absolute Gasteiger partial charge is 0.254 e. The Morgan fingerprint density at radius 1 is 1.61 bits per heavy atom. The van der Waals surface area contributed by atoms with Crippen molar-refractivity contribution in [1.82, 2.24) is 10.2 Å². The van der Waals surface area contributed by atoms with E-state index in [1.807, 2.05) is 24.0 Å². The van der Waals surface area contributed by atoms with Crippen LogP contribution in [0.4, 0.5) is 0 Å². The van der Waals surface area contributed by atoms with E-state index in [0.29, 0.717) is 16.6 Å². The van der Waals surface area contributed by atoms with E-state index in [0.717, 1.165) is 30.5 Å². The molecule has 1 aliphatic heterocycles. The van der Waals surface area contributed by atoms with Gasteiger partial charge >= 0.3 is 0 Å². The minimum Gasteiger partial charge on any atom is -0.335 e.